The zero-order chi connectivity index (χ0) is 25.9. The number of fused-ring (bicyclic) bond motifs is 1. The second-order valence-corrected chi connectivity index (χ2v) is 10.6. The molecule has 0 spiro atoms. The summed E-state index contributed by atoms with van der Waals surface area (Å²) in [6, 6.07) is 14.2. The Labute approximate surface area is 210 Å². The van der Waals surface area contributed by atoms with Crippen LogP contribution in [0.2, 0.25) is 0 Å². The lowest BCUT2D eigenvalue weighted by Crippen LogP contribution is -2.20. The van der Waals surface area contributed by atoms with Gasteiger partial charge in [0.2, 0.25) is 0 Å². The van der Waals surface area contributed by atoms with Crippen molar-refractivity contribution in [2.24, 2.45) is 4.99 Å². The lowest BCUT2D eigenvalue weighted by atomic mass is 10.2. The van der Waals surface area contributed by atoms with Crippen molar-refractivity contribution in [3.8, 4) is 0 Å². The minimum absolute atomic E-state index is 0.119. The number of nitrogens with zero attached hydrogens (tertiary/aromatic N) is 2. The first kappa shape index (κ1) is 25.7. The normalized spacial score (nSPS) is 12.3. The van der Waals surface area contributed by atoms with Crippen LogP contribution in [-0.2, 0) is 21.3 Å². The van der Waals surface area contributed by atoms with Gasteiger partial charge in [0, 0.05) is 30.5 Å². The van der Waals surface area contributed by atoms with E-state index in [4.69, 9.17) is 4.74 Å². The Hall–Kier alpha value is -3.41. The van der Waals surface area contributed by atoms with Gasteiger partial charge in [-0.2, -0.15) is 4.99 Å². The Balaban J connectivity index is 1.61. The van der Waals surface area contributed by atoms with Crippen LogP contribution in [0.5, 0.6) is 0 Å². The molecule has 1 N–H and O–H groups in total. The fourth-order valence-electron chi connectivity index (χ4n) is 3.49. The summed E-state index contributed by atoms with van der Waals surface area (Å²) in [5.41, 5.74) is 1.56. The van der Waals surface area contributed by atoms with Crippen LogP contribution in [0.25, 0.3) is 10.2 Å². The summed E-state index contributed by atoms with van der Waals surface area (Å²) in [5, 5.41) is 0. The van der Waals surface area contributed by atoms with Gasteiger partial charge in [-0.1, -0.05) is 29.0 Å². The molecular weight excluding hydrogens is 508 g/mol. The molecule has 0 aliphatic rings. The molecule has 188 valence electrons. The summed E-state index contributed by atoms with van der Waals surface area (Å²) in [6.07, 6.45) is 0. The zero-order valence-corrected chi connectivity index (χ0v) is 21.1. The van der Waals surface area contributed by atoms with Gasteiger partial charge >= 0.3 is 0 Å². The molecule has 4 aromatic rings. The van der Waals surface area contributed by atoms with E-state index in [9.17, 15) is 22.0 Å². The third kappa shape index (κ3) is 5.69. The molecule has 0 fully saturated rings. The van der Waals surface area contributed by atoms with Gasteiger partial charge in [0.1, 0.15) is 5.82 Å². The highest BCUT2D eigenvalue weighted by Crippen LogP contribution is 2.23. The predicted molar refractivity (Wildman–Crippen MR) is 135 cm³/mol. The molecule has 4 rings (SSSR count). The molecule has 11 heteroatoms. The molecule has 0 bridgehead atoms. The molecular formula is C25H23F2N3O4S2. The van der Waals surface area contributed by atoms with Gasteiger partial charge in [-0.05, 0) is 56.3 Å². The maximum absolute atomic E-state index is 14.5. The van der Waals surface area contributed by atoms with Crippen molar-refractivity contribution in [3.63, 3.8) is 0 Å². The van der Waals surface area contributed by atoms with Gasteiger partial charge in [0.25, 0.3) is 15.9 Å². The largest absolute Gasteiger partial charge is 0.380 e. The molecule has 1 aromatic heterocycles. The molecule has 1 heterocycles. The number of hydrogen-bond acceptors (Lipinski definition) is 5. The number of hydrogen-bond donors (Lipinski definition) is 1. The van der Waals surface area contributed by atoms with E-state index >= 15 is 0 Å². The van der Waals surface area contributed by atoms with Gasteiger partial charge in [-0.25, -0.2) is 17.2 Å². The average molecular weight is 532 g/mol. The number of sulfonamides is 1. The van der Waals surface area contributed by atoms with E-state index in [1.165, 1.54) is 47.0 Å². The van der Waals surface area contributed by atoms with E-state index in [1.807, 2.05) is 13.8 Å². The lowest BCUT2D eigenvalue weighted by Gasteiger charge is -2.09. The van der Waals surface area contributed by atoms with Crippen LogP contribution in [-0.4, -0.2) is 32.1 Å². The molecule has 0 aliphatic heterocycles. The Bertz CT molecular complexity index is 1580. The van der Waals surface area contributed by atoms with Crippen molar-refractivity contribution >= 4 is 43.2 Å². The minimum atomic E-state index is -3.79. The molecule has 36 heavy (non-hydrogen) atoms. The summed E-state index contributed by atoms with van der Waals surface area (Å²) in [4.78, 5) is 17.3. The van der Waals surface area contributed by atoms with Gasteiger partial charge < -0.3 is 9.30 Å². The topological polar surface area (TPSA) is 89.8 Å². The Morgan fingerprint density at radius 2 is 1.78 bits per heavy atom. The monoisotopic (exact) mass is 531 g/mol. The van der Waals surface area contributed by atoms with E-state index in [1.54, 1.807) is 12.1 Å². The second-order valence-electron chi connectivity index (χ2n) is 7.88. The zero-order valence-electron chi connectivity index (χ0n) is 19.5. The van der Waals surface area contributed by atoms with E-state index in [-0.39, 0.29) is 39.6 Å². The number of thiazole rings is 1. The molecule has 7 nitrogen and oxygen atoms in total. The first-order chi connectivity index (χ1) is 17.2. The van der Waals surface area contributed by atoms with Crippen molar-refractivity contribution in [1.29, 1.82) is 0 Å². The summed E-state index contributed by atoms with van der Waals surface area (Å²) in [6.45, 7) is 4.63. The van der Waals surface area contributed by atoms with Crippen LogP contribution in [0.15, 0.2) is 70.6 Å². The molecule has 3 aromatic carbocycles. The van der Waals surface area contributed by atoms with Crippen molar-refractivity contribution in [2.75, 3.05) is 17.9 Å². The van der Waals surface area contributed by atoms with E-state index < -0.39 is 27.6 Å². The highest BCUT2D eigenvalue weighted by molar-refractivity contribution is 7.92. The number of benzene rings is 3. The number of ether oxygens (including phenoxy) is 1. The lowest BCUT2D eigenvalue weighted by molar-refractivity contribution is 0.0996. The molecule has 0 aliphatic carbocycles. The number of anilines is 1. The van der Waals surface area contributed by atoms with Crippen LogP contribution >= 0.6 is 11.3 Å². The number of aromatic nitrogens is 1. The molecule has 1 amide bonds. The quantitative estimate of drug-likeness (QED) is 0.329. The van der Waals surface area contributed by atoms with Crippen LogP contribution < -0.4 is 9.52 Å². The maximum atomic E-state index is 14.5. The number of nitrogens with one attached hydrogen (secondary N) is 1. The Kier molecular flexibility index (Phi) is 7.62. The van der Waals surface area contributed by atoms with E-state index in [0.717, 1.165) is 23.0 Å². The third-order valence-electron chi connectivity index (χ3n) is 5.27. The fourth-order valence-corrected chi connectivity index (χ4v) is 5.64. The number of rotatable bonds is 8. The summed E-state index contributed by atoms with van der Waals surface area (Å²) < 4.78 is 63.1. The standard InChI is InChI=1S/C25H23F2N3O4S2/c1-3-34-13-12-30-23-21(27)14-18(26)15-22(23)35-25(30)28-24(31)17-6-8-19(9-7-17)29-36(32,33)20-10-4-16(2)5-11-20/h4-11,14-15,29H,3,12-13H2,1-2H3. The maximum Gasteiger partial charge on any atom is 0.279 e. The highest BCUT2D eigenvalue weighted by Gasteiger charge is 2.16. The van der Waals surface area contributed by atoms with Gasteiger partial charge in [-0.3, -0.25) is 9.52 Å². The van der Waals surface area contributed by atoms with Crippen molar-refractivity contribution in [3.05, 3.63) is 88.2 Å². The fraction of sp³-hybridized carbons (Fsp3) is 0.200. The number of carbonyl (C=O) groups is 1. The first-order valence-electron chi connectivity index (χ1n) is 11.0. The summed E-state index contributed by atoms with van der Waals surface area (Å²) in [5.74, 6) is -2.09. The third-order valence-corrected chi connectivity index (χ3v) is 7.69. The smallest absolute Gasteiger partial charge is 0.279 e. The predicted octanol–water partition coefficient (Wildman–Crippen LogP) is 4.87. The van der Waals surface area contributed by atoms with E-state index in [0.29, 0.717) is 11.3 Å². The number of aryl methyl sites for hydroxylation is 1. The van der Waals surface area contributed by atoms with Crippen LogP contribution in [0, 0.1) is 18.6 Å². The summed E-state index contributed by atoms with van der Waals surface area (Å²) >= 11 is 0.991. The minimum Gasteiger partial charge on any atom is -0.380 e. The SMILES string of the molecule is CCOCCn1c(=NC(=O)c2ccc(NS(=O)(=O)c3ccc(C)cc3)cc2)sc2cc(F)cc(F)c21. The number of halogens is 2. The Morgan fingerprint density at radius 3 is 2.44 bits per heavy atom. The molecule has 0 unspecified atom stereocenters. The molecule has 0 radical (unpaired) electrons. The van der Waals surface area contributed by atoms with E-state index in [2.05, 4.69) is 9.71 Å². The van der Waals surface area contributed by atoms with Crippen molar-refractivity contribution in [1.82, 2.24) is 4.57 Å². The van der Waals surface area contributed by atoms with Crippen LogP contribution in [0.1, 0.15) is 22.8 Å². The van der Waals surface area contributed by atoms with Gasteiger partial charge in [0.05, 0.1) is 21.7 Å². The first-order valence-corrected chi connectivity index (χ1v) is 13.3. The van der Waals surface area contributed by atoms with Crippen molar-refractivity contribution < 1.29 is 26.7 Å². The summed E-state index contributed by atoms with van der Waals surface area (Å²) in [7, 11) is -3.79. The number of carbonyl (C=O) groups excluding carboxylic acids is 1. The van der Waals surface area contributed by atoms with Crippen LogP contribution in [0.3, 0.4) is 0 Å². The van der Waals surface area contributed by atoms with Crippen LogP contribution in [0.4, 0.5) is 14.5 Å². The van der Waals surface area contributed by atoms with Gasteiger partial charge in [-0.15, -0.1) is 0 Å². The number of amides is 1. The molecule has 0 saturated carbocycles. The second kappa shape index (κ2) is 10.7. The van der Waals surface area contributed by atoms with Gasteiger partial charge in [0.15, 0.2) is 10.6 Å². The highest BCUT2D eigenvalue weighted by atomic mass is 32.2. The molecule has 0 atom stereocenters. The Morgan fingerprint density at radius 1 is 1.08 bits per heavy atom. The van der Waals surface area contributed by atoms with Crippen molar-refractivity contribution in [2.45, 2.75) is 25.3 Å². The molecule has 0 saturated heterocycles. The average Bonchev–Trinajstić information content (AvgIpc) is 3.16.